The molecule has 2 rings (SSSR count). The molecule has 0 aliphatic carbocycles. The molecule has 0 aromatic heterocycles. The first-order valence-electron chi connectivity index (χ1n) is 10.0. The molecule has 1 fully saturated rings. The number of hydrogen-bond acceptors (Lipinski definition) is 3. The van der Waals surface area contributed by atoms with Crippen LogP contribution in [0.15, 0.2) is 29.3 Å². The van der Waals surface area contributed by atoms with Crippen LogP contribution in [0, 0.1) is 5.92 Å². The number of methoxy groups -OCH3 is 1. The van der Waals surface area contributed by atoms with Crippen molar-refractivity contribution in [1.82, 2.24) is 15.5 Å². The zero-order valence-electron chi connectivity index (χ0n) is 16.9. The molecule has 26 heavy (non-hydrogen) atoms. The van der Waals surface area contributed by atoms with Gasteiger partial charge in [-0.3, -0.25) is 4.99 Å². The van der Waals surface area contributed by atoms with Gasteiger partial charge in [-0.25, -0.2) is 0 Å². The van der Waals surface area contributed by atoms with E-state index < -0.39 is 0 Å². The van der Waals surface area contributed by atoms with E-state index in [9.17, 15) is 0 Å². The third kappa shape index (κ3) is 6.52. The predicted molar refractivity (Wildman–Crippen MR) is 110 cm³/mol. The van der Waals surface area contributed by atoms with Crippen LogP contribution in [-0.2, 0) is 0 Å². The predicted octanol–water partition coefficient (Wildman–Crippen LogP) is 3.09. The summed E-state index contributed by atoms with van der Waals surface area (Å²) in [5, 5.41) is 6.86. The van der Waals surface area contributed by atoms with Crippen molar-refractivity contribution in [3.8, 4) is 5.75 Å². The van der Waals surface area contributed by atoms with Crippen LogP contribution in [0.25, 0.3) is 0 Å². The maximum atomic E-state index is 5.23. The second-order valence-corrected chi connectivity index (χ2v) is 7.16. The number of ether oxygens (including phenoxy) is 1. The number of guanidine groups is 1. The quantitative estimate of drug-likeness (QED) is 0.525. The Morgan fingerprint density at radius 2 is 2.04 bits per heavy atom. The summed E-state index contributed by atoms with van der Waals surface area (Å²) >= 11 is 0. The number of rotatable bonds is 9. The topological polar surface area (TPSA) is 48.9 Å². The van der Waals surface area contributed by atoms with Gasteiger partial charge in [-0.05, 0) is 62.4 Å². The molecule has 1 aromatic carbocycles. The Morgan fingerprint density at radius 3 is 2.65 bits per heavy atom. The van der Waals surface area contributed by atoms with Crippen molar-refractivity contribution >= 4 is 5.96 Å². The molecule has 0 radical (unpaired) electrons. The number of aliphatic imine (C=N–C) groups is 1. The van der Waals surface area contributed by atoms with Crippen LogP contribution >= 0.6 is 0 Å². The van der Waals surface area contributed by atoms with Crippen LogP contribution < -0.4 is 15.4 Å². The molecule has 1 heterocycles. The summed E-state index contributed by atoms with van der Waals surface area (Å²) in [6, 6.07) is 8.38. The summed E-state index contributed by atoms with van der Waals surface area (Å²) in [5.74, 6) is 3.06. The summed E-state index contributed by atoms with van der Waals surface area (Å²) in [6.45, 7) is 12.9. The van der Waals surface area contributed by atoms with E-state index in [4.69, 9.17) is 9.73 Å². The van der Waals surface area contributed by atoms with Gasteiger partial charge in [-0.15, -0.1) is 0 Å². The SMILES string of the molecule is CCNC(=NCC1CCN(CC)C1)NCCC(C)c1ccc(OC)cc1. The molecule has 5 nitrogen and oxygen atoms in total. The average Bonchev–Trinajstić information content (AvgIpc) is 3.14. The van der Waals surface area contributed by atoms with Crippen LogP contribution in [0.2, 0.25) is 0 Å². The van der Waals surface area contributed by atoms with Gasteiger partial charge in [0.1, 0.15) is 5.75 Å². The Hall–Kier alpha value is -1.75. The molecule has 1 aliphatic rings. The number of nitrogens with one attached hydrogen (secondary N) is 2. The highest BCUT2D eigenvalue weighted by Crippen LogP contribution is 2.21. The number of benzene rings is 1. The Labute approximate surface area is 159 Å². The summed E-state index contributed by atoms with van der Waals surface area (Å²) in [7, 11) is 1.70. The number of likely N-dealkylation sites (tertiary alicyclic amines) is 1. The second-order valence-electron chi connectivity index (χ2n) is 7.16. The van der Waals surface area contributed by atoms with Crippen LogP contribution in [-0.4, -0.2) is 57.2 Å². The Morgan fingerprint density at radius 1 is 1.27 bits per heavy atom. The minimum absolute atomic E-state index is 0.504. The minimum Gasteiger partial charge on any atom is -0.497 e. The van der Waals surface area contributed by atoms with Gasteiger partial charge in [0, 0.05) is 26.2 Å². The van der Waals surface area contributed by atoms with Gasteiger partial charge in [0.2, 0.25) is 0 Å². The van der Waals surface area contributed by atoms with Crippen LogP contribution in [0.4, 0.5) is 0 Å². The molecule has 2 unspecified atom stereocenters. The molecule has 1 aromatic rings. The van der Waals surface area contributed by atoms with Crippen molar-refractivity contribution in [2.24, 2.45) is 10.9 Å². The third-order valence-corrected chi connectivity index (χ3v) is 5.22. The first kappa shape index (κ1) is 20.6. The first-order valence-corrected chi connectivity index (χ1v) is 10.0. The van der Waals surface area contributed by atoms with Gasteiger partial charge >= 0.3 is 0 Å². The van der Waals surface area contributed by atoms with Crippen LogP contribution in [0.3, 0.4) is 0 Å². The summed E-state index contributed by atoms with van der Waals surface area (Å²) in [4.78, 5) is 7.32. The molecule has 2 N–H and O–H groups in total. The Bertz CT molecular complexity index is 543. The number of hydrogen-bond donors (Lipinski definition) is 2. The monoisotopic (exact) mass is 360 g/mol. The number of nitrogens with zero attached hydrogens (tertiary/aromatic N) is 2. The maximum absolute atomic E-state index is 5.23. The fraction of sp³-hybridized carbons (Fsp3) is 0.667. The van der Waals surface area contributed by atoms with E-state index in [0.29, 0.717) is 11.8 Å². The van der Waals surface area contributed by atoms with Crippen molar-refractivity contribution in [2.45, 2.75) is 39.5 Å². The van der Waals surface area contributed by atoms with Gasteiger partial charge in [0.25, 0.3) is 0 Å². The van der Waals surface area contributed by atoms with Crippen molar-refractivity contribution in [1.29, 1.82) is 0 Å². The van der Waals surface area contributed by atoms with E-state index >= 15 is 0 Å². The first-order chi connectivity index (χ1) is 12.7. The highest BCUT2D eigenvalue weighted by molar-refractivity contribution is 5.79. The molecule has 1 saturated heterocycles. The summed E-state index contributed by atoms with van der Waals surface area (Å²) in [5.41, 5.74) is 1.35. The Kier molecular flexibility index (Phi) is 8.75. The van der Waals surface area contributed by atoms with Crippen molar-refractivity contribution in [3.05, 3.63) is 29.8 Å². The zero-order valence-corrected chi connectivity index (χ0v) is 16.9. The molecular weight excluding hydrogens is 324 g/mol. The lowest BCUT2D eigenvalue weighted by Gasteiger charge is -2.16. The molecule has 0 bridgehead atoms. The smallest absolute Gasteiger partial charge is 0.191 e. The van der Waals surface area contributed by atoms with E-state index in [1.54, 1.807) is 7.11 Å². The van der Waals surface area contributed by atoms with E-state index in [-0.39, 0.29) is 0 Å². The zero-order chi connectivity index (χ0) is 18.8. The van der Waals surface area contributed by atoms with Crippen LogP contribution in [0.5, 0.6) is 5.75 Å². The van der Waals surface area contributed by atoms with Crippen molar-refractivity contribution in [3.63, 3.8) is 0 Å². The lowest BCUT2D eigenvalue weighted by molar-refractivity contribution is 0.343. The molecule has 0 spiro atoms. The lowest BCUT2D eigenvalue weighted by Crippen LogP contribution is -2.38. The maximum Gasteiger partial charge on any atom is 0.191 e. The summed E-state index contributed by atoms with van der Waals surface area (Å²) < 4.78 is 5.23. The Balaban J connectivity index is 1.77. The molecule has 5 heteroatoms. The lowest BCUT2D eigenvalue weighted by atomic mass is 9.98. The average molecular weight is 361 g/mol. The fourth-order valence-corrected chi connectivity index (χ4v) is 3.42. The van der Waals surface area contributed by atoms with Gasteiger partial charge in [0.15, 0.2) is 5.96 Å². The molecular formula is C21H36N4O. The fourth-order valence-electron chi connectivity index (χ4n) is 3.42. The highest BCUT2D eigenvalue weighted by atomic mass is 16.5. The summed E-state index contributed by atoms with van der Waals surface area (Å²) in [6.07, 6.45) is 2.34. The van der Waals surface area contributed by atoms with Crippen molar-refractivity contribution in [2.75, 3.05) is 46.4 Å². The minimum atomic E-state index is 0.504. The third-order valence-electron chi connectivity index (χ3n) is 5.22. The van der Waals surface area contributed by atoms with E-state index in [1.807, 2.05) is 12.1 Å². The van der Waals surface area contributed by atoms with Gasteiger partial charge < -0.3 is 20.3 Å². The molecule has 0 amide bonds. The van der Waals surface area contributed by atoms with Crippen molar-refractivity contribution < 1.29 is 4.74 Å². The van der Waals surface area contributed by atoms with Gasteiger partial charge in [0.05, 0.1) is 7.11 Å². The molecule has 146 valence electrons. The largest absolute Gasteiger partial charge is 0.497 e. The standard InChI is InChI=1S/C21H36N4O/c1-5-22-21(24-15-18-12-14-25(6-2)16-18)23-13-11-17(3)19-7-9-20(26-4)10-8-19/h7-10,17-18H,5-6,11-16H2,1-4H3,(H2,22,23,24). The van der Waals surface area contributed by atoms with E-state index in [2.05, 4.69) is 48.4 Å². The van der Waals surface area contributed by atoms with Gasteiger partial charge in [-0.1, -0.05) is 26.0 Å². The molecule has 2 atom stereocenters. The molecule has 1 aliphatic heterocycles. The van der Waals surface area contributed by atoms with Gasteiger partial charge in [-0.2, -0.15) is 0 Å². The van der Waals surface area contributed by atoms with E-state index in [1.165, 1.54) is 25.1 Å². The molecule has 0 saturated carbocycles. The van der Waals surface area contributed by atoms with Crippen LogP contribution in [0.1, 0.15) is 45.1 Å². The highest BCUT2D eigenvalue weighted by Gasteiger charge is 2.20. The van der Waals surface area contributed by atoms with E-state index in [0.717, 1.165) is 44.3 Å². The second kappa shape index (κ2) is 11.1. The normalized spacial score (nSPS) is 19.4.